The van der Waals surface area contributed by atoms with Gasteiger partial charge in [0, 0.05) is 48.2 Å². The van der Waals surface area contributed by atoms with Gasteiger partial charge >= 0.3 is 0 Å². The molecule has 140 valence electrons. The summed E-state index contributed by atoms with van der Waals surface area (Å²) in [6, 6.07) is 4.22. The predicted molar refractivity (Wildman–Crippen MR) is 106 cm³/mol. The molecular formula is C20H24N6S. The highest BCUT2D eigenvalue weighted by atomic mass is 32.2. The van der Waals surface area contributed by atoms with Crippen molar-refractivity contribution in [1.29, 1.82) is 0 Å². The van der Waals surface area contributed by atoms with Crippen molar-refractivity contribution < 1.29 is 0 Å². The maximum atomic E-state index is 4.65. The monoisotopic (exact) mass is 380 g/mol. The summed E-state index contributed by atoms with van der Waals surface area (Å²) in [6.45, 7) is 0. The Hall–Kier alpha value is -2.28. The van der Waals surface area contributed by atoms with Crippen molar-refractivity contribution in [2.45, 2.75) is 37.0 Å². The van der Waals surface area contributed by atoms with Gasteiger partial charge in [0.15, 0.2) is 0 Å². The lowest BCUT2D eigenvalue weighted by molar-refractivity contribution is 0.476. The molecule has 0 unspecified atom stereocenters. The van der Waals surface area contributed by atoms with Crippen LogP contribution in [-0.4, -0.2) is 36.2 Å². The lowest BCUT2D eigenvalue weighted by atomic mass is 9.97. The average Bonchev–Trinajstić information content (AvgIpc) is 3.32. The molecule has 3 aromatic rings. The summed E-state index contributed by atoms with van der Waals surface area (Å²) in [4.78, 5) is 14.8. The van der Waals surface area contributed by atoms with Gasteiger partial charge in [-0.15, -0.1) is 16.9 Å². The summed E-state index contributed by atoms with van der Waals surface area (Å²) in [5, 5.41) is 8.12. The van der Waals surface area contributed by atoms with Crippen LogP contribution in [-0.2, 0) is 19.9 Å². The zero-order valence-corrected chi connectivity index (χ0v) is 16.6. The molecule has 6 nitrogen and oxygen atoms in total. The van der Waals surface area contributed by atoms with Gasteiger partial charge in [-0.1, -0.05) is 5.21 Å². The summed E-state index contributed by atoms with van der Waals surface area (Å²) >= 11 is 1.68. The highest BCUT2D eigenvalue weighted by Gasteiger charge is 2.26. The molecule has 0 bridgehead atoms. The Balaban J connectivity index is 1.31. The molecule has 3 heterocycles. The van der Waals surface area contributed by atoms with Crippen molar-refractivity contribution in [3.63, 3.8) is 0 Å². The van der Waals surface area contributed by atoms with Crippen LogP contribution in [0.1, 0.15) is 30.8 Å². The maximum absolute atomic E-state index is 4.65. The van der Waals surface area contributed by atoms with E-state index in [1.165, 1.54) is 19.3 Å². The SMILES string of the molecule is CSc1cnc(C[C@H]2CC[C@H](Cc3ccc(-c4cn(C)nn4)cn3)C2)nc1. The number of pyridine rings is 1. The number of aromatic nitrogens is 6. The van der Waals surface area contributed by atoms with Crippen LogP contribution in [0.15, 0.2) is 41.8 Å². The number of hydrogen-bond acceptors (Lipinski definition) is 6. The largest absolute Gasteiger partial charge is 0.261 e. The second-order valence-electron chi connectivity index (χ2n) is 7.31. The summed E-state index contributed by atoms with van der Waals surface area (Å²) in [5.41, 5.74) is 3.04. The van der Waals surface area contributed by atoms with E-state index in [1.807, 2.05) is 38.1 Å². The molecule has 7 heteroatoms. The number of nitrogens with zero attached hydrogens (tertiary/aromatic N) is 6. The fraction of sp³-hybridized carbons (Fsp3) is 0.450. The number of rotatable bonds is 6. The van der Waals surface area contributed by atoms with Gasteiger partial charge in [0.2, 0.25) is 0 Å². The van der Waals surface area contributed by atoms with E-state index in [2.05, 4.69) is 37.4 Å². The van der Waals surface area contributed by atoms with E-state index < -0.39 is 0 Å². The van der Waals surface area contributed by atoms with E-state index in [9.17, 15) is 0 Å². The first-order valence-electron chi connectivity index (χ1n) is 9.36. The van der Waals surface area contributed by atoms with Crippen molar-refractivity contribution in [3.05, 3.63) is 48.4 Å². The topological polar surface area (TPSA) is 69.4 Å². The van der Waals surface area contributed by atoms with E-state index in [1.54, 1.807) is 16.4 Å². The molecular weight excluding hydrogens is 356 g/mol. The van der Waals surface area contributed by atoms with Crippen LogP contribution in [0.4, 0.5) is 0 Å². The molecule has 4 rings (SSSR count). The Kier molecular flexibility index (Phi) is 5.48. The highest BCUT2D eigenvalue weighted by Crippen LogP contribution is 2.34. The molecule has 27 heavy (non-hydrogen) atoms. The molecule has 1 fully saturated rings. The van der Waals surface area contributed by atoms with Crippen LogP contribution in [0.5, 0.6) is 0 Å². The molecule has 0 amide bonds. The van der Waals surface area contributed by atoms with Crippen molar-refractivity contribution in [1.82, 2.24) is 29.9 Å². The third-order valence-electron chi connectivity index (χ3n) is 5.26. The van der Waals surface area contributed by atoms with Crippen LogP contribution in [0.3, 0.4) is 0 Å². The van der Waals surface area contributed by atoms with Crippen LogP contribution in [0.25, 0.3) is 11.3 Å². The molecule has 0 radical (unpaired) electrons. The smallest absolute Gasteiger partial charge is 0.128 e. The van der Waals surface area contributed by atoms with Gasteiger partial charge in [-0.2, -0.15) is 0 Å². The number of thioether (sulfide) groups is 1. The standard InChI is InChI=1S/C20H24N6S/c1-26-13-19(24-25-26)16-5-6-17(21-10-16)8-14-3-4-15(7-14)9-20-22-11-18(27-2)12-23-20/h5-6,10-15H,3-4,7-9H2,1-2H3/t14-,15-/m0/s1. The zero-order valence-electron chi connectivity index (χ0n) is 15.7. The van der Waals surface area contributed by atoms with E-state index >= 15 is 0 Å². The minimum Gasteiger partial charge on any atom is -0.261 e. The van der Waals surface area contributed by atoms with Gasteiger partial charge in [-0.3, -0.25) is 9.67 Å². The fourth-order valence-electron chi connectivity index (χ4n) is 3.83. The third kappa shape index (κ3) is 4.53. The molecule has 0 aromatic carbocycles. The lowest BCUT2D eigenvalue weighted by Crippen LogP contribution is -2.06. The minimum absolute atomic E-state index is 0.689. The Morgan fingerprint density at radius 1 is 1.04 bits per heavy atom. The first kappa shape index (κ1) is 18.1. The van der Waals surface area contributed by atoms with Gasteiger partial charge < -0.3 is 0 Å². The summed E-state index contributed by atoms with van der Waals surface area (Å²) < 4.78 is 1.71. The molecule has 0 spiro atoms. The van der Waals surface area contributed by atoms with E-state index in [0.29, 0.717) is 11.8 Å². The Morgan fingerprint density at radius 3 is 2.44 bits per heavy atom. The van der Waals surface area contributed by atoms with E-state index in [4.69, 9.17) is 0 Å². The Morgan fingerprint density at radius 2 is 1.81 bits per heavy atom. The van der Waals surface area contributed by atoms with Crippen LogP contribution < -0.4 is 0 Å². The summed E-state index contributed by atoms with van der Waals surface area (Å²) in [7, 11) is 1.87. The lowest BCUT2D eigenvalue weighted by Gasteiger charge is -2.11. The summed E-state index contributed by atoms with van der Waals surface area (Å²) in [5.74, 6) is 2.37. The van der Waals surface area contributed by atoms with Gasteiger partial charge in [0.1, 0.15) is 11.5 Å². The molecule has 1 aliphatic rings. The maximum Gasteiger partial charge on any atom is 0.128 e. The van der Waals surface area contributed by atoms with Gasteiger partial charge in [-0.05, 0) is 55.9 Å². The van der Waals surface area contributed by atoms with Gasteiger partial charge in [0.25, 0.3) is 0 Å². The Labute approximate surface area is 163 Å². The zero-order chi connectivity index (χ0) is 18.6. The van der Waals surface area contributed by atoms with Crippen LogP contribution >= 0.6 is 11.8 Å². The quantitative estimate of drug-likeness (QED) is 0.609. The van der Waals surface area contributed by atoms with Crippen molar-refractivity contribution in [2.75, 3.05) is 6.26 Å². The molecule has 1 saturated carbocycles. The highest BCUT2D eigenvalue weighted by molar-refractivity contribution is 7.98. The second kappa shape index (κ2) is 8.17. The Bertz CT molecular complexity index is 874. The second-order valence-corrected chi connectivity index (χ2v) is 8.19. The van der Waals surface area contributed by atoms with Gasteiger partial charge in [-0.25, -0.2) is 9.97 Å². The van der Waals surface area contributed by atoms with Crippen molar-refractivity contribution in [3.8, 4) is 11.3 Å². The molecule has 0 N–H and O–H groups in total. The minimum atomic E-state index is 0.689. The third-order valence-corrected chi connectivity index (χ3v) is 5.94. The van der Waals surface area contributed by atoms with Crippen molar-refractivity contribution >= 4 is 11.8 Å². The molecule has 0 saturated heterocycles. The fourth-order valence-corrected chi connectivity index (χ4v) is 4.15. The first-order chi connectivity index (χ1) is 13.2. The van der Waals surface area contributed by atoms with Gasteiger partial charge in [0.05, 0.1) is 6.20 Å². The number of hydrogen-bond donors (Lipinski definition) is 0. The molecule has 0 aliphatic heterocycles. The van der Waals surface area contributed by atoms with Crippen LogP contribution in [0, 0.1) is 11.8 Å². The number of aryl methyl sites for hydroxylation is 1. The molecule has 2 atom stereocenters. The van der Waals surface area contributed by atoms with E-state index in [0.717, 1.165) is 40.5 Å². The average molecular weight is 381 g/mol. The predicted octanol–water partition coefficient (Wildman–Crippen LogP) is 3.59. The molecule has 1 aliphatic carbocycles. The first-order valence-corrected chi connectivity index (χ1v) is 10.6. The van der Waals surface area contributed by atoms with Crippen LogP contribution in [0.2, 0.25) is 0 Å². The van der Waals surface area contributed by atoms with E-state index in [-0.39, 0.29) is 0 Å². The molecule has 3 aromatic heterocycles. The summed E-state index contributed by atoms with van der Waals surface area (Å²) in [6.07, 6.45) is 15.5. The van der Waals surface area contributed by atoms with Crippen molar-refractivity contribution in [2.24, 2.45) is 18.9 Å². The normalized spacial score (nSPS) is 19.5.